The molecule has 16 heavy (non-hydrogen) atoms. The molecular weight excluding hydrogens is 223 g/mol. The summed E-state index contributed by atoms with van der Waals surface area (Å²) in [6, 6.07) is 14.3. The largest absolute Gasteiger partial charge is 0.207 e. The SMILES string of the molecule is Fc1ccccc1C[CH]c1cccc(Cl)c1. The van der Waals surface area contributed by atoms with E-state index in [-0.39, 0.29) is 5.82 Å². The summed E-state index contributed by atoms with van der Waals surface area (Å²) in [5.74, 6) is -0.166. The highest BCUT2D eigenvalue weighted by Crippen LogP contribution is 2.15. The maximum atomic E-state index is 13.3. The summed E-state index contributed by atoms with van der Waals surface area (Å²) in [6.45, 7) is 0. The van der Waals surface area contributed by atoms with Crippen LogP contribution in [0.4, 0.5) is 4.39 Å². The van der Waals surface area contributed by atoms with Gasteiger partial charge in [0.15, 0.2) is 0 Å². The first-order valence-electron chi connectivity index (χ1n) is 5.08. The van der Waals surface area contributed by atoms with Gasteiger partial charge >= 0.3 is 0 Å². The van der Waals surface area contributed by atoms with Crippen LogP contribution in [0.15, 0.2) is 48.5 Å². The Labute approximate surface area is 99.7 Å². The highest BCUT2D eigenvalue weighted by atomic mass is 35.5. The molecule has 2 heteroatoms. The van der Waals surface area contributed by atoms with Crippen LogP contribution in [0, 0.1) is 12.2 Å². The molecule has 0 aliphatic heterocycles. The molecule has 0 aromatic heterocycles. The number of hydrogen-bond donors (Lipinski definition) is 0. The second-order valence-electron chi connectivity index (χ2n) is 3.55. The van der Waals surface area contributed by atoms with Crippen LogP contribution in [0.1, 0.15) is 11.1 Å². The predicted molar refractivity (Wildman–Crippen MR) is 65.0 cm³/mol. The van der Waals surface area contributed by atoms with E-state index in [0.717, 1.165) is 5.56 Å². The molecule has 0 heterocycles. The van der Waals surface area contributed by atoms with E-state index in [0.29, 0.717) is 17.0 Å². The van der Waals surface area contributed by atoms with Crippen molar-refractivity contribution in [1.82, 2.24) is 0 Å². The van der Waals surface area contributed by atoms with Crippen LogP contribution in [0.5, 0.6) is 0 Å². The highest BCUT2D eigenvalue weighted by Gasteiger charge is 2.01. The van der Waals surface area contributed by atoms with E-state index in [4.69, 9.17) is 11.6 Å². The van der Waals surface area contributed by atoms with Crippen LogP contribution >= 0.6 is 11.6 Å². The van der Waals surface area contributed by atoms with Crippen molar-refractivity contribution in [3.63, 3.8) is 0 Å². The lowest BCUT2D eigenvalue weighted by Gasteiger charge is -2.03. The normalized spacial score (nSPS) is 10.4. The first kappa shape index (κ1) is 11.2. The van der Waals surface area contributed by atoms with Gasteiger partial charge in [0.25, 0.3) is 0 Å². The number of rotatable bonds is 3. The van der Waals surface area contributed by atoms with Crippen molar-refractivity contribution in [1.29, 1.82) is 0 Å². The molecule has 0 saturated heterocycles. The molecule has 0 atom stereocenters. The standard InChI is InChI=1S/C14H11ClF/c15-13-6-3-4-11(10-13)8-9-12-5-1-2-7-14(12)16/h1-8,10H,9H2. The summed E-state index contributed by atoms with van der Waals surface area (Å²) in [5, 5.41) is 0.697. The molecule has 81 valence electrons. The Hall–Kier alpha value is -1.34. The molecule has 0 N–H and O–H groups in total. The van der Waals surface area contributed by atoms with Crippen LogP contribution in [0.25, 0.3) is 0 Å². The highest BCUT2D eigenvalue weighted by molar-refractivity contribution is 6.30. The van der Waals surface area contributed by atoms with Crippen molar-refractivity contribution in [2.75, 3.05) is 0 Å². The van der Waals surface area contributed by atoms with Crippen molar-refractivity contribution in [3.05, 3.63) is 76.9 Å². The van der Waals surface area contributed by atoms with Gasteiger partial charge in [-0.2, -0.15) is 0 Å². The lowest BCUT2D eigenvalue weighted by Crippen LogP contribution is -1.92. The Morgan fingerprint density at radius 1 is 1.06 bits per heavy atom. The van der Waals surface area contributed by atoms with Crippen molar-refractivity contribution in [2.45, 2.75) is 6.42 Å². The number of hydrogen-bond acceptors (Lipinski definition) is 0. The zero-order chi connectivity index (χ0) is 11.4. The molecule has 0 aliphatic carbocycles. The van der Waals surface area contributed by atoms with Crippen molar-refractivity contribution in [2.24, 2.45) is 0 Å². The van der Waals surface area contributed by atoms with Gasteiger partial charge in [-0.15, -0.1) is 0 Å². The molecular formula is C14H11ClF. The van der Waals surface area contributed by atoms with Crippen molar-refractivity contribution < 1.29 is 4.39 Å². The summed E-state index contributed by atoms with van der Waals surface area (Å²) >= 11 is 5.86. The second kappa shape index (κ2) is 5.13. The van der Waals surface area contributed by atoms with Crippen LogP contribution in [0.2, 0.25) is 5.02 Å². The third-order valence-electron chi connectivity index (χ3n) is 2.36. The van der Waals surface area contributed by atoms with Gasteiger partial charge in [-0.05, 0) is 42.2 Å². The molecule has 0 bridgehead atoms. The predicted octanol–water partition coefficient (Wildman–Crippen LogP) is 4.27. The molecule has 2 rings (SSSR count). The zero-order valence-electron chi connectivity index (χ0n) is 8.66. The lowest BCUT2D eigenvalue weighted by molar-refractivity contribution is 0.613. The van der Waals surface area contributed by atoms with Crippen LogP contribution in [0.3, 0.4) is 0 Å². The Balaban J connectivity index is 2.05. The fourth-order valence-corrected chi connectivity index (χ4v) is 1.72. The quantitative estimate of drug-likeness (QED) is 0.743. The van der Waals surface area contributed by atoms with Crippen LogP contribution < -0.4 is 0 Å². The van der Waals surface area contributed by atoms with Crippen molar-refractivity contribution >= 4 is 11.6 Å². The Bertz CT molecular complexity index is 480. The average molecular weight is 234 g/mol. The van der Waals surface area contributed by atoms with Gasteiger partial charge in [0.05, 0.1) is 0 Å². The fourth-order valence-electron chi connectivity index (χ4n) is 1.53. The van der Waals surface area contributed by atoms with Gasteiger partial charge in [-0.1, -0.05) is 41.9 Å². The minimum absolute atomic E-state index is 0.166. The van der Waals surface area contributed by atoms with Gasteiger partial charge in [-0.25, -0.2) is 4.39 Å². The third-order valence-corrected chi connectivity index (χ3v) is 2.60. The fraction of sp³-hybridized carbons (Fsp3) is 0.0714. The first-order valence-corrected chi connectivity index (χ1v) is 5.46. The zero-order valence-corrected chi connectivity index (χ0v) is 9.42. The summed E-state index contributed by atoms with van der Waals surface area (Å²) in [5.41, 5.74) is 1.71. The van der Waals surface area contributed by atoms with Crippen LogP contribution in [-0.4, -0.2) is 0 Å². The first-order chi connectivity index (χ1) is 7.75. The van der Waals surface area contributed by atoms with Crippen LogP contribution in [-0.2, 0) is 6.42 Å². The molecule has 0 nitrogen and oxygen atoms in total. The lowest BCUT2D eigenvalue weighted by atomic mass is 10.0. The van der Waals surface area contributed by atoms with E-state index < -0.39 is 0 Å². The van der Waals surface area contributed by atoms with Gasteiger partial charge < -0.3 is 0 Å². The molecule has 0 spiro atoms. The average Bonchev–Trinajstić information content (AvgIpc) is 2.28. The van der Waals surface area contributed by atoms with Gasteiger partial charge in [0, 0.05) is 5.02 Å². The van der Waals surface area contributed by atoms with E-state index in [9.17, 15) is 4.39 Å². The summed E-state index contributed by atoms with van der Waals surface area (Å²) in [7, 11) is 0. The number of benzene rings is 2. The van der Waals surface area contributed by atoms with E-state index in [1.54, 1.807) is 12.1 Å². The minimum atomic E-state index is -0.166. The Kier molecular flexibility index (Phi) is 3.58. The molecule has 0 unspecified atom stereocenters. The maximum Gasteiger partial charge on any atom is 0.126 e. The number of halogens is 2. The maximum absolute atomic E-state index is 13.3. The molecule has 0 aliphatic rings. The topological polar surface area (TPSA) is 0 Å². The van der Waals surface area contributed by atoms with Crippen molar-refractivity contribution in [3.8, 4) is 0 Å². The summed E-state index contributed by atoms with van der Waals surface area (Å²) < 4.78 is 13.3. The van der Waals surface area contributed by atoms with E-state index in [1.165, 1.54) is 6.07 Å². The van der Waals surface area contributed by atoms with E-state index in [1.807, 2.05) is 36.8 Å². The third kappa shape index (κ3) is 2.83. The molecule has 0 saturated carbocycles. The smallest absolute Gasteiger partial charge is 0.126 e. The Morgan fingerprint density at radius 2 is 1.88 bits per heavy atom. The van der Waals surface area contributed by atoms with E-state index in [2.05, 4.69) is 0 Å². The molecule has 0 amide bonds. The molecule has 2 aromatic rings. The minimum Gasteiger partial charge on any atom is -0.207 e. The van der Waals surface area contributed by atoms with Gasteiger partial charge in [0.2, 0.25) is 0 Å². The molecule has 2 aromatic carbocycles. The van der Waals surface area contributed by atoms with Gasteiger partial charge in [-0.3, -0.25) is 0 Å². The summed E-state index contributed by atoms with van der Waals surface area (Å²) in [4.78, 5) is 0. The monoisotopic (exact) mass is 233 g/mol. The van der Waals surface area contributed by atoms with E-state index >= 15 is 0 Å². The molecule has 0 fully saturated rings. The summed E-state index contributed by atoms with van der Waals surface area (Å²) in [6.07, 6.45) is 2.54. The second-order valence-corrected chi connectivity index (χ2v) is 3.99. The van der Waals surface area contributed by atoms with Gasteiger partial charge in [0.1, 0.15) is 5.82 Å². The Morgan fingerprint density at radius 3 is 2.62 bits per heavy atom. The molecule has 1 radical (unpaired) electrons.